The maximum atomic E-state index is 2.32. The van der Waals surface area contributed by atoms with E-state index in [1.807, 2.05) is 0 Å². The van der Waals surface area contributed by atoms with Crippen molar-refractivity contribution in [1.82, 2.24) is 0 Å². The third-order valence-corrected chi connectivity index (χ3v) is 6.75. The van der Waals surface area contributed by atoms with Crippen LogP contribution in [0.25, 0.3) is 11.1 Å². The van der Waals surface area contributed by atoms with Crippen molar-refractivity contribution in [2.24, 2.45) is 0 Å². The molecular weight excluding hydrogens is 422 g/mol. The molecule has 0 aliphatic heterocycles. The fourth-order valence-electron chi connectivity index (χ4n) is 4.53. The van der Waals surface area contributed by atoms with E-state index in [9.17, 15) is 0 Å². The Labute approximate surface area is 209 Å². The Morgan fingerprint density at radius 1 is 0.429 bits per heavy atom. The molecule has 5 aromatic rings. The van der Waals surface area contributed by atoms with Crippen LogP contribution < -0.4 is 4.90 Å². The molecule has 0 aromatic heterocycles. The molecule has 0 aliphatic carbocycles. The molecule has 0 N–H and O–H groups in total. The Kier molecular flexibility index (Phi) is 6.50. The molecule has 0 spiro atoms. The van der Waals surface area contributed by atoms with Gasteiger partial charge in [-0.1, -0.05) is 109 Å². The van der Waals surface area contributed by atoms with E-state index in [1.54, 1.807) is 0 Å². The van der Waals surface area contributed by atoms with E-state index in [0.29, 0.717) is 5.92 Å². The second-order valence-corrected chi connectivity index (χ2v) is 9.31. The van der Waals surface area contributed by atoms with Gasteiger partial charge in [0.2, 0.25) is 0 Å². The summed E-state index contributed by atoms with van der Waals surface area (Å²) >= 11 is 0. The van der Waals surface area contributed by atoms with E-state index in [1.165, 1.54) is 33.4 Å². The average Bonchev–Trinajstić information content (AvgIpc) is 2.91. The maximum absolute atomic E-state index is 2.32. The van der Waals surface area contributed by atoms with Gasteiger partial charge in [-0.05, 0) is 72.5 Å². The quantitative estimate of drug-likeness (QED) is 0.247. The van der Waals surface area contributed by atoms with Crippen molar-refractivity contribution in [2.45, 2.75) is 26.7 Å². The summed E-state index contributed by atoms with van der Waals surface area (Å²) < 4.78 is 0. The minimum absolute atomic E-state index is 0.320. The molecule has 0 radical (unpaired) electrons. The van der Waals surface area contributed by atoms with Gasteiger partial charge in [0.1, 0.15) is 0 Å². The lowest BCUT2D eigenvalue weighted by atomic mass is 9.91. The molecule has 1 heteroatoms. The van der Waals surface area contributed by atoms with E-state index >= 15 is 0 Å². The molecule has 0 fully saturated rings. The normalized spacial score (nSPS) is 11.7. The summed E-state index contributed by atoms with van der Waals surface area (Å²) in [6.07, 6.45) is 0. The number of rotatable bonds is 6. The van der Waals surface area contributed by atoms with Crippen LogP contribution in [0.2, 0.25) is 0 Å². The first-order valence-corrected chi connectivity index (χ1v) is 12.3. The van der Waals surface area contributed by atoms with Gasteiger partial charge in [-0.3, -0.25) is 0 Å². The number of nitrogens with zero attached hydrogens (tertiary/aromatic N) is 1. The molecule has 1 unspecified atom stereocenters. The van der Waals surface area contributed by atoms with Gasteiger partial charge < -0.3 is 4.90 Å². The number of anilines is 3. The number of hydrogen-bond donors (Lipinski definition) is 0. The second-order valence-electron chi connectivity index (χ2n) is 9.31. The lowest BCUT2D eigenvalue weighted by molar-refractivity contribution is 0.922. The second kappa shape index (κ2) is 10.0. The lowest BCUT2D eigenvalue weighted by Gasteiger charge is -2.26. The molecule has 0 saturated carbocycles. The summed E-state index contributed by atoms with van der Waals surface area (Å²) in [6.45, 7) is 6.54. The number of hydrogen-bond acceptors (Lipinski definition) is 1. The Hall–Kier alpha value is -4.10. The number of benzene rings is 5. The zero-order valence-electron chi connectivity index (χ0n) is 20.6. The van der Waals surface area contributed by atoms with Gasteiger partial charge in [-0.15, -0.1) is 0 Å². The molecule has 0 heterocycles. The Balaban J connectivity index is 1.42. The molecule has 0 aliphatic rings. The van der Waals surface area contributed by atoms with Crippen LogP contribution in [0, 0.1) is 13.8 Å². The van der Waals surface area contributed by atoms with Crippen LogP contribution in [-0.4, -0.2) is 0 Å². The fraction of sp³-hybridized carbons (Fsp3) is 0.118. The number of aryl methyl sites for hydroxylation is 2. The highest BCUT2D eigenvalue weighted by molar-refractivity contribution is 5.76. The third kappa shape index (κ3) is 5.05. The first-order chi connectivity index (χ1) is 17.1. The van der Waals surface area contributed by atoms with Crippen LogP contribution in [0.3, 0.4) is 0 Å². The molecule has 0 saturated heterocycles. The van der Waals surface area contributed by atoms with Crippen molar-refractivity contribution >= 4 is 17.1 Å². The largest absolute Gasteiger partial charge is 0.311 e. The zero-order valence-corrected chi connectivity index (χ0v) is 20.6. The van der Waals surface area contributed by atoms with Crippen LogP contribution in [0.5, 0.6) is 0 Å². The van der Waals surface area contributed by atoms with E-state index in [0.717, 1.165) is 17.1 Å². The van der Waals surface area contributed by atoms with Crippen LogP contribution in [0.1, 0.15) is 35.1 Å². The standard InChI is InChI=1S/C34H31N/c1-25-9-19-32(20-10-25)35(33-21-11-26(2)12-22-33)34-23-17-29(18-24-34)27(3)28-13-15-31(16-14-28)30-7-5-4-6-8-30/h4-24,27H,1-3H3. The first kappa shape index (κ1) is 22.7. The summed E-state index contributed by atoms with van der Waals surface area (Å²) in [7, 11) is 0. The lowest BCUT2D eigenvalue weighted by Crippen LogP contribution is -2.10. The van der Waals surface area contributed by atoms with Crippen molar-refractivity contribution in [2.75, 3.05) is 4.90 Å². The van der Waals surface area contributed by atoms with Gasteiger partial charge in [0.25, 0.3) is 0 Å². The van der Waals surface area contributed by atoms with Crippen molar-refractivity contribution in [1.29, 1.82) is 0 Å². The van der Waals surface area contributed by atoms with Crippen molar-refractivity contribution in [3.05, 3.63) is 150 Å². The maximum Gasteiger partial charge on any atom is 0.0461 e. The summed E-state index contributed by atoms with van der Waals surface area (Å²) in [5.74, 6) is 0.320. The Morgan fingerprint density at radius 3 is 1.26 bits per heavy atom. The molecule has 1 nitrogen and oxygen atoms in total. The summed E-state index contributed by atoms with van der Waals surface area (Å²) in [5, 5.41) is 0. The predicted molar refractivity (Wildman–Crippen MR) is 150 cm³/mol. The fourth-order valence-corrected chi connectivity index (χ4v) is 4.53. The van der Waals surface area contributed by atoms with E-state index < -0.39 is 0 Å². The minimum Gasteiger partial charge on any atom is -0.311 e. The van der Waals surface area contributed by atoms with Gasteiger partial charge in [-0.25, -0.2) is 0 Å². The van der Waals surface area contributed by atoms with E-state index in [2.05, 4.69) is 153 Å². The highest BCUT2D eigenvalue weighted by Crippen LogP contribution is 2.36. The smallest absolute Gasteiger partial charge is 0.0461 e. The molecule has 5 aromatic carbocycles. The molecule has 0 amide bonds. The van der Waals surface area contributed by atoms with Gasteiger partial charge >= 0.3 is 0 Å². The SMILES string of the molecule is Cc1ccc(N(c2ccc(C)cc2)c2ccc(C(C)c3ccc(-c4ccccc4)cc3)cc2)cc1. The van der Waals surface area contributed by atoms with Crippen LogP contribution in [-0.2, 0) is 0 Å². The van der Waals surface area contributed by atoms with Crippen molar-refractivity contribution in [3.63, 3.8) is 0 Å². The van der Waals surface area contributed by atoms with Crippen molar-refractivity contribution in [3.8, 4) is 11.1 Å². The third-order valence-electron chi connectivity index (χ3n) is 6.75. The summed E-state index contributed by atoms with van der Waals surface area (Å²) in [4.78, 5) is 2.32. The van der Waals surface area contributed by atoms with Gasteiger partial charge in [0.15, 0.2) is 0 Å². The van der Waals surface area contributed by atoms with Crippen LogP contribution in [0.4, 0.5) is 17.1 Å². The Morgan fingerprint density at radius 2 is 0.800 bits per heavy atom. The molecule has 5 rings (SSSR count). The molecule has 35 heavy (non-hydrogen) atoms. The monoisotopic (exact) mass is 453 g/mol. The average molecular weight is 454 g/mol. The first-order valence-electron chi connectivity index (χ1n) is 12.3. The Bertz CT molecular complexity index is 1320. The van der Waals surface area contributed by atoms with E-state index in [-0.39, 0.29) is 0 Å². The van der Waals surface area contributed by atoms with E-state index in [4.69, 9.17) is 0 Å². The predicted octanol–water partition coefficient (Wildman–Crippen LogP) is 9.59. The zero-order chi connectivity index (χ0) is 24.2. The van der Waals surface area contributed by atoms with Gasteiger partial charge in [0, 0.05) is 23.0 Å². The molecule has 1 atom stereocenters. The highest BCUT2D eigenvalue weighted by Gasteiger charge is 2.14. The van der Waals surface area contributed by atoms with Crippen molar-refractivity contribution < 1.29 is 0 Å². The molecule has 172 valence electrons. The minimum atomic E-state index is 0.320. The molecule has 0 bridgehead atoms. The van der Waals surface area contributed by atoms with Gasteiger partial charge in [-0.2, -0.15) is 0 Å². The van der Waals surface area contributed by atoms with Gasteiger partial charge in [0.05, 0.1) is 0 Å². The van der Waals surface area contributed by atoms with Crippen LogP contribution >= 0.6 is 0 Å². The summed E-state index contributed by atoms with van der Waals surface area (Å²) in [5.41, 5.74) is 11.2. The topological polar surface area (TPSA) is 3.24 Å². The highest BCUT2D eigenvalue weighted by atomic mass is 15.1. The molecular formula is C34H31N. The van der Waals surface area contributed by atoms with Crippen LogP contribution in [0.15, 0.2) is 127 Å². The summed E-state index contributed by atoms with van der Waals surface area (Å²) in [6, 6.07) is 46.0.